The van der Waals surface area contributed by atoms with Crippen LogP contribution in [-0.2, 0) is 11.3 Å². The molecule has 2 N–H and O–H groups in total. The lowest BCUT2D eigenvalue weighted by molar-refractivity contribution is 0.0485. The molecule has 0 radical (unpaired) electrons. The molecule has 0 saturated heterocycles. The molecule has 6 heteroatoms. The van der Waals surface area contributed by atoms with Gasteiger partial charge >= 0.3 is 0 Å². The Labute approximate surface area is 108 Å². The summed E-state index contributed by atoms with van der Waals surface area (Å²) in [6, 6.07) is -0.221. The molecule has 6 nitrogen and oxygen atoms in total. The minimum absolute atomic E-state index is 0.143. The Kier molecular flexibility index (Phi) is 6.24. The number of hydrogen-bond acceptors (Lipinski definition) is 6. The van der Waals surface area contributed by atoms with E-state index in [1.54, 1.807) is 0 Å². The fraction of sp³-hybridized carbons (Fsp3) is 0.833. The molecule has 0 spiro atoms. The van der Waals surface area contributed by atoms with E-state index in [4.69, 9.17) is 15.0 Å². The first kappa shape index (κ1) is 15.1. The zero-order valence-electron chi connectivity index (χ0n) is 11.7. The van der Waals surface area contributed by atoms with Crippen LogP contribution in [0.15, 0.2) is 4.52 Å². The summed E-state index contributed by atoms with van der Waals surface area (Å²) < 4.78 is 10.5. The van der Waals surface area contributed by atoms with Crippen LogP contribution in [-0.4, -0.2) is 40.8 Å². The summed E-state index contributed by atoms with van der Waals surface area (Å²) in [7, 11) is 0. The van der Waals surface area contributed by atoms with Crippen LogP contribution in [0.3, 0.4) is 0 Å². The summed E-state index contributed by atoms with van der Waals surface area (Å²) in [5.41, 5.74) is 6.05. The maximum absolute atomic E-state index is 6.05. The molecule has 0 amide bonds. The van der Waals surface area contributed by atoms with Crippen molar-refractivity contribution in [2.45, 2.75) is 46.4 Å². The number of nitrogens with two attached hydrogens (primary N) is 1. The predicted octanol–water partition coefficient (Wildman–Crippen LogP) is 1.34. The first-order valence-electron chi connectivity index (χ1n) is 6.48. The SMILES string of the molecule is CCN(CC)CC(N)c1noc(COC(C)C)n1. The van der Waals surface area contributed by atoms with E-state index in [-0.39, 0.29) is 12.1 Å². The monoisotopic (exact) mass is 256 g/mol. The van der Waals surface area contributed by atoms with Crippen LogP contribution in [0.1, 0.15) is 45.5 Å². The maximum Gasteiger partial charge on any atom is 0.252 e. The topological polar surface area (TPSA) is 77.4 Å². The second kappa shape index (κ2) is 7.45. The van der Waals surface area contributed by atoms with Crippen LogP contribution in [0.2, 0.25) is 0 Å². The van der Waals surface area contributed by atoms with Gasteiger partial charge in [0.1, 0.15) is 6.61 Å². The van der Waals surface area contributed by atoms with Gasteiger partial charge in [0.05, 0.1) is 12.1 Å². The summed E-state index contributed by atoms with van der Waals surface area (Å²) in [5, 5.41) is 3.90. The van der Waals surface area contributed by atoms with Crippen LogP contribution in [0, 0.1) is 0 Å². The Balaban J connectivity index is 2.50. The number of ether oxygens (including phenoxy) is 1. The second-order valence-corrected chi connectivity index (χ2v) is 4.50. The van der Waals surface area contributed by atoms with Crippen molar-refractivity contribution < 1.29 is 9.26 Å². The van der Waals surface area contributed by atoms with Crippen molar-refractivity contribution in [3.8, 4) is 0 Å². The van der Waals surface area contributed by atoms with E-state index in [0.29, 0.717) is 18.3 Å². The lowest BCUT2D eigenvalue weighted by atomic mass is 10.2. The van der Waals surface area contributed by atoms with Gasteiger partial charge in [0.15, 0.2) is 5.82 Å². The largest absolute Gasteiger partial charge is 0.369 e. The number of likely N-dealkylation sites (N-methyl/N-ethyl adjacent to an activating group) is 1. The van der Waals surface area contributed by atoms with Crippen LogP contribution in [0.25, 0.3) is 0 Å². The van der Waals surface area contributed by atoms with E-state index < -0.39 is 0 Å². The average molecular weight is 256 g/mol. The lowest BCUT2D eigenvalue weighted by Crippen LogP contribution is -2.32. The lowest BCUT2D eigenvalue weighted by Gasteiger charge is -2.20. The highest BCUT2D eigenvalue weighted by Crippen LogP contribution is 2.09. The van der Waals surface area contributed by atoms with Gasteiger partial charge in [0, 0.05) is 6.54 Å². The van der Waals surface area contributed by atoms with Crippen LogP contribution in [0.4, 0.5) is 0 Å². The first-order chi connectivity index (χ1) is 8.56. The highest BCUT2D eigenvalue weighted by atomic mass is 16.5. The van der Waals surface area contributed by atoms with Gasteiger partial charge in [-0.25, -0.2) is 0 Å². The van der Waals surface area contributed by atoms with E-state index in [0.717, 1.165) is 19.6 Å². The van der Waals surface area contributed by atoms with Gasteiger partial charge < -0.3 is 19.9 Å². The van der Waals surface area contributed by atoms with Crippen LogP contribution >= 0.6 is 0 Å². The fourth-order valence-electron chi connectivity index (χ4n) is 1.56. The van der Waals surface area contributed by atoms with Gasteiger partial charge in [-0.1, -0.05) is 19.0 Å². The molecule has 1 unspecified atom stereocenters. The van der Waals surface area contributed by atoms with Crippen molar-refractivity contribution >= 4 is 0 Å². The standard InChI is InChI=1S/C12H24N4O2/c1-5-16(6-2)7-10(13)12-14-11(18-15-12)8-17-9(3)4/h9-10H,5-8,13H2,1-4H3. The average Bonchev–Trinajstić information content (AvgIpc) is 2.82. The molecule has 104 valence electrons. The van der Waals surface area contributed by atoms with Gasteiger partial charge in [-0.05, 0) is 26.9 Å². The zero-order chi connectivity index (χ0) is 13.5. The van der Waals surface area contributed by atoms with Gasteiger partial charge in [0.2, 0.25) is 0 Å². The third kappa shape index (κ3) is 4.72. The van der Waals surface area contributed by atoms with Crippen molar-refractivity contribution in [3.05, 3.63) is 11.7 Å². The fourth-order valence-corrected chi connectivity index (χ4v) is 1.56. The Morgan fingerprint density at radius 3 is 2.56 bits per heavy atom. The quantitative estimate of drug-likeness (QED) is 0.756. The predicted molar refractivity (Wildman–Crippen MR) is 68.9 cm³/mol. The molecule has 1 heterocycles. The molecule has 0 saturated carbocycles. The van der Waals surface area contributed by atoms with Crippen LogP contribution in [0.5, 0.6) is 0 Å². The molecule has 1 atom stereocenters. The first-order valence-corrected chi connectivity index (χ1v) is 6.48. The molecular formula is C12H24N4O2. The molecule has 0 fully saturated rings. The highest BCUT2D eigenvalue weighted by molar-refractivity contribution is 4.93. The van der Waals surface area contributed by atoms with E-state index in [2.05, 4.69) is 28.9 Å². The zero-order valence-corrected chi connectivity index (χ0v) is 11.7. The molecular weight excluding hydrogens is 232 g/mol. The van der Waals surface area contributed by atoms with Gasteiger partial charge in [0.25, 0.3) is 5.89 Å². The van der Waals surface area contributed by atoms with E-state index >= 15 is 0 Å². The summed E-state index contributed by atoms with van der Waals surface area (Å²) in [6.45, 7) is 11.1. The van der Waals surface area contributed by atoms with Gasteiger partial charge in [-0.3, -0.25) is 0 Å². The summed E-state index contributed by atoms with van der Waals surface area (Å²) >= 11 is 0. The molecule has 1 aromatic rings. The number of aromatic nitrogens is 2. The third-order valence-corrected chi connectivity index (χ3v) is 2.70. The van der Waals surface area contributed by atoms with Gasteiger partial charge in [-0.2, -0.15) is 4.98 Å². The van der Waals surface area contributed by atoms with E-state index in [9.17, 15) is 0 Å². The molecule has 18 heavy (non-hydrogen) atoms. The minimum Gasteiger partial charge on any atom is -0.369 e. The molecule has 1 aromatic heterocycles. The number of rotatable bonds is 8. The van der Waals surface area contributed by atoms with Crippen molar-refractivity contribution in [2.24, 2.45) is 5.73 Å². The molecule has 0 aromatic carbocycles. The normalized spacial score (nSPS) is 13.5. The smallest absolute Gasteiger partial charge is 0.252 e. The Morgan fingerprint density at radius 2 is 2.00 bits per heavy atom. The third-order valence-electron chi connectivity index (χ3n) is 2.70. The Bertz CT molecular complexity index is 337. The van der Waals surface area contributed by atoms with Crippen molar-refractivity contribution in [1.82, 2.24) is 15.0 Å². The van der Waals surface area contributed by atoms with Crippen molar-refractivity contribution in [3.63, 3.8) is 0 Å². The molecule has 1 rings (SSSR count). The molecule has 0 aliphatic carbocycles. The van der Waals surface area contributed by atoms with E-state index in [1.807, 2.05) is 13.8 Å². The summed E-state index contributed by atoms with van der Waals surface area (Å²) in [4.78, 5) is 6.48. The maximum atomic E-state index is 6.05. The highest BCUT2D eigenvalue weighted by Gasteiger charge is 2.16. The molecule has 0 aliphatic heterocycles. The van der Waals surface area contributed by atoms with Crippen LogP contribution < -0.4 is 5.73 Å². The Morgan fingerprint density at radius 1 is 1.33 bits per heavy atom. The summed E-state index contributed by atoms with van der Waals surface area (Å²) in [6.07, 6.45) is 0.143. The minimum atomic E-state index is -0.221. The molecule has 0 aliphatic rings. The van der Waals surface area contributed by atoms with Crippen molar-refractivity contribution in [2.75, 3.05) is 19.6 Å². The van der Waals surface area contributed by atoms with E-state index in [1.165, 1.54) is 0 Å². The number of nitrogens with zero attached hydrogens (tertiary/aromatic N) is 3. The summed E-state index contributed by atoms with van der Waals surface area (Å²) in [5.74, 6) is 1.03. The Hall–Kier alpha value is -0.980. The number of hydrogen-bond donors (Lipinski definition) is 1. The second-order valence-electron chi connectivity index (χ2n) is 4.50. The molecule has 0 bridgehead atoms. The van der Waals surface area contributed by atoms with Crippen molar-refractivity contribution in [1.29, 1.82) is 0 Å². The van der Waals surface area contributed by atoms with Gasteiger partial charge in [-0.15, -0.1) is 0 Å².